The average Bonchev–Trinajstić information content (AvgIpc) is 2.81. The van der Waals surface area contributed by atoms with Crippen molar-refractivity contribution in [3.8, 4) is 5.75 Å². The number of hydrogen-bond acceptors (Lipinski definition) is 4. The van der Waals surface area contributed by atoms with E-state index in [9.17, 15) is 19.1 Å². The van der Waals surface area contributed by atoms with Gasteiger partial charge in [-0.25, -0.2) is 13.6 Å². The SMILES string of the molecule is CC(C)CN(c1cc(F)c(OC(C)C(=O)O)cc1NC(=O)Cc1ccc(Cl)cc1F)C1CCCCC1. The molecule has 0 radical (unpaired) electrons. The zero-order chi connectivity index (χ0) is 26.4. The van der Waals surface area contributed by atoms with E-state index < -0.39 is 29.6 Å². The molecule has 1 unspecified atom stereocenters. The summed E-state index contributed by atoms with van der Waals surface area (Å²) in [6, 6.07) is 6.87. The molecule has 1 amide bonds. The van der Waals surface area contributed by atoms with Gasteiger partial charge in [0.25, 0.3) is 0 Å². The van der Waals surface area contributed by atoms with E-state index in [-0.39, 0.29) is 40.4 Å². The number of hydrogen-bond donors (Lipinski definition) is 2. The Balaban J connectivity index is 1.99. The molecule has 3 rings (SSSR count). The molecule has 0 spiro atoms. The molecule has 1 aliphatic carbocycles. The summed E-state index contributed by atoms with van der Waals surface area (Å²) < 4.78 is 34.8. The molecule has 2 aromatic carbocycles. The van der Waals surface area contributed by atoms with Gasteiger partial charge in [0.1, 0.15) is 5.82 Å². The Morgan fingerprint density at radius 1 is 1.11 bits per heavy atom. The van der Waals surface area contributed by atoms with Crippen molar-refractivity contribution in [2.75, 3.05) is 16.8 Å². The van der Waals surface area contributed by atoms with Crippen LogP contribution in [-0.4, -0.2) is 35.7 Å². The van der Waals surface area contributed by atoms with Crippen molar-refractivity contribution in [3.63, 3.8) is 0 Å². The zero-order valence-corrected chi connectivity index (χ0v) is 21.6. The first-order chi connectivity index (χ1) is 17.0. The number of carbonyl (C=O) groups excluding carboxylic acids is 1. The first-order valence-corrected chi connectivity index (χ1v) is 12.7. The number of carbonyl (C=O) groups is 2. The van der Waals surface area contributed by atoms with Crippen LogP contribution in [0.4, 0.5) is 20.2 Å². The van der Waals surface area contributed by atoms with Crippen molar-refractivity contribution >= 4 is 34.9 Å². The molecule has 0 aromatic heterocycles. The van der Waals surface area contributed by atoms with Gasteiger partial charge in [-0.15, -0.1) is 0 Å². The molecule has 2 N–H and O–H groups in total. The molecule has 1 saturated carbocycles. The Kier molecular flexibility index (Phi) is 9.54. The quantitative estimate of drug-likeness (QED) is 0.375. The summed E-state index contributed by atoms with van der Waals surface area (Å²) in [6.07, 6.45) is 3.64. The molecule has 2 aromatic rings. The molecule has 1 aliphatic rings. The fourth-order valence-electron chi connectivity index (χ4n) is 4.47. The fourth-order valence-corrected chi connectivity index (χ4v) is 4.63. The van der Waals surface area contributed by atoms with E-state index in [1.807, 2.05) is 0 Å². The maximum absolute atomic E-state index is 15.2. The molecule has 1 fully saturated rings. The van der Waals surface area contributed by atoms with E-state index in [4.69, 9.17) is 16.3 Å². The number of rotatable bonds is 10. The van der Waals surface area contributed by atoms with Gasteiger partial charge in [-0.3, -0.25) is 4.79 Å². The lowest BCUT2D eigenvalue weighted by Crippen LogP contribution is -2.40. The second-order valence-corrected chi connectivity index (χ2v) is 10.1. The van der Waals surface area contributed by atoms with Crippen molar-refractivity contribution < 1.29 is 28.2 Å². The smallest absolute Gasteiger partial charge is 0.344 e. The van der Waals surface area contributed by atoms with Crippen LogP contribution in [0, 0.1) is 17.6 Å². The topological polar surface area (TPSA) is 78.9 Å². The summed E-state index contributed by atoms with van der Waals surface area (Å²) >= 11 is 5.81. The van der Waals surface area contributed by atoms with Gasteiger partial charge in [0.05, 0.1) is 17.8 Å². The normalized spacial score (nSPS) is 15.0. The molecule has 196 valence electrons. The second kappa shape index (κ2) is 12.4. The monoisotopic (exact) mass is 522 g/mol. The summed E-state index contributed by atoms with van der Waals surface area (Å²) in [7, 11) is 0. The van der Waals surface area contributed by atoms with Gasteiger partial charge in [-0.1, -0.05) is 50.8 Å². The highest BCUT2D eigenvalue weighted by atomic mass is 35.5. The van der Waals surface area contributed by atoms with Crippen molar-refractivity contribution in [1.82, 2.24) is 0 Å². The lowest BCUT2D eigenvalue weighted by atomic mass is 9.93. The minimum Gasteiger partial charge on any atom is -0.479 e. The van der Waals surface area contributed by atoms with Gasteiger partial charge in [-0.05, 0) is 43.4 Å². The van der Waals surface area contributed by atoms with Gasteiger partial charge in [-0.2, -0.15) is 0 Å². The summed E-state index contributed by atoms with van der Waals surface area (Å²) in [5, 5.41) is 12.2. The summed E-state index contributed by atoms with van der Waals surface area (Å²) in [6.45, 7) is 6.08. The van der Waals surface area contributed by atoms with Crippen LogP contribution in [0.3, 0.4) is 0 Å². The maximum Gasteiger partial charge on any atom is 0.344 e. The van der Waals surface area contributed by atoms with Gasteiger partial charge in [0.15, 0.2) is 17.7 Å². The third-order valence-corrected chi connectivity index (χ3v) is 6.46. The van der Waals surface area contributed by atoms with Crippen LogP contribution >= 0.6 is 11.6 Å². The third-order valence-electron chi connectivity index (χ3n) is 6.23. The number of carboxylic acid groups (broad SMARTS) is 1. The van der Waals surface area contributed by atoms with Gasteiger partial charge in [0.2, 0.25) is 5.91 Å². The number of benzene rings is 2. The third kappa shape index (κ3) is 7.32. The molecule has 9 heteroatoms. The van der Waals surface area contributed by atoms with Crippen molar-refractivity contribution in [2.24, 2.45) is 5.92 Å². The molecule has 0 saturated heterocycles. The molecule has 6 nitrogen and oxygen atoms in total. The van der Waals surface area contributed by atoms with Gasteiger partial charge >= 0.3 is 5.97 Å². The van der Waals surface area contributed by atoms with E-state index in [0.29, 0.717) is 12.2 Å². The summed E-state index contributed by atoms with van der Waals surface area (Å²) in [5.74, 6) is -3.08. The Morgan fingerprint density at radius 2 is 1.81 bits per heavy atom. The molecule has 0 bridgehead atoms. The lowest BCUT2D eigenvalue weighted by Gasteiger charge is -2.38. The maximum atomic E-state index is 15.2. The van der Waals surface area contributed by atoms with Crippen LogP contribution in [0.25, 0.3) is 0 Å². The van der Waals surface area contributed by atoms with Gasteiger partial charge in [0, 0.05) is 29.7 Å². The first-order valence-electron chi connectivity index (χ1n) is 12.3. The number of nitrogens with zero attached hydrogens (tertiary/aromatic N) is 1. The summed E-state index contributed by atoms with van der Waals surface area (Å²) in [4.78, 5) is 26.4. The fraction of sp³-hybridized carbons (Fsp3) is 0.481. The predicted octanol–water partition coefficient (Wildman–Crippen LogP) is 6.45. The number of halogens is 3. The number of nitrogens with one attached hydrogen (secondary N) is 1. The van der Waals surface area contributed by atoms with E-state index in [0.717, 1.165) is 38.2 Å². The van der Waals surface area contributed by atoms with Crippen LogP contribution in [0.5, 0.6) is 5.75 Å². The van der Waals surface area contributed by atoms with Crippen LogP contribution in [0.1, 0.15) is 58.4 Å². The number of amides is 1. The zero-order valence-electron chi connectivity index (χ0n) is 20.8. The highest BCUT2D eigenvalue weighted by molar-refractivity contribution is 6.30. The van der Waals surface area contributed by atoms with Crippen LogP contribution in [-0.2, 0) is 16.0 Å². The Hall–Kier alpha value is -2.87. The Labute approximate surface area is 215 Å². The molecule has 0 heterocycles. The summed E-state index contributed by atoms with van der Waals surface area (Å²) in [5.41, 5.74) is 0.950. The molecular weight excluding hydrogens is 490 g/mol. The number of carboxylic acids is 1. The molecule has 36 heavy (non-hydrogen) atoms. The van der Waals surface area contributed by atoms with Crippen LogP contribution in [0.15, 0.2) is 30.3 Å². The Morgan fingerprint density at radius 3 is 2.42 bits per heavy atom. The molecule has 1 atom stereocenters. The highest BCUT2D eigenvalue weighted by Crippen LogP contribution is 2.38. The minimum atomic E-state index is -1.29. The van der Waals surface area contributed by atoms with Crippen molar-refractivity contribution in [3.05, 3.63) is 52.6 Å². The average molecular weight is 523 g/mol. The van der Waals surface area contributed by atoms with E-state index in [2.05, 4.69) is 24.1 Å². The number of aliphatic carboxylic acids is 1. The van der Waals surface area contributed by atoms with Crippen LogP contribution in [0.2, 0.25) is 5.02 Å². The van der Waals surface area contributed by atoms with Gasteiger partial charge < -0.3 is 20.1 Å². The largest absolute Gasteiger partial charge is 0.479 e. The van der Waals surface area contributed by atoms with Crippen molar-refractivity contribution in [2.45, 2.75) is 71.4 Å². The molecule has 0 aliphatic heterocycles. The minimum absolute atomic E-state index is 0.169. The van der Waals surface area contributed by atoms with E-state index in [1.165, 1.54) is 31.2 Å². The van der Waals surface area contributed by atoms with Crippen molar-refractivity contribution in [1.29, 1.82) is 0 Å². The lowest BCUT2D eigenvalue weighted by molar-refractivity contribution is -0.144. The van der Waals surface area contributed by atoms with E-state index in [1.54, 1.807) is 0 Å². The standard InChI is InChI=1S/C27H33ClF2N2O4/c1-16(2)15-32(20-7-5-4-6-8-20)24-13-22(30)25(36-17(3)27(34)35)14-23(24)31-26(33)11-18-9-10-19(28)12-21(18)29/h9-10,12-14,16-17,20H,4-8,11,15H2,1-3H3,(H,31,33)(H,34,35). The Bertz CT molecular complexity index is 1090. The van der Waals surface area contributed by atoms with E-state index >= 15 is 4.39 Å². The second-order valence-electron chi connectivity index (χ2n) is 9.70. The number of anilines is 2. The highest BCUT2D eigenvalue weighted by Gasteiger charge is 2.27. The molecular formula is C27H33ClF2N2O4. The van der Waals surface area contributed by atoms with Crippen LogP contribution < -0.4 is 15.0 Å². The predicted molar refractivity (Wildman–Crippen MR) is 137 cm³/mol. The number of ether oxygens (including phenoxy) is 1. The first kappa shape index (κ1) is 27.7.